The quantitative estimate of drug-likeness (QED) is 0.324. The van der Waals surface area contributed by atoms with Gasteiger partial charge in [-0.25, -0.2) is 8.42 Å². The molecular formula is C22H24N2O9S. The van der Waals surface area contributed by atoms with Gasteiger partial charge in [0.05, 0.1) is 22.8 Å². The topological polar surface area (TPSA) is 135 Å². The van der Waals surface area contributed by atoms with E-state index in [0.29, 0.717) is 48.9 Å². The Balaban J connectivity index is 1.36. The standard InChI is InChI=1S/C22H24N2O9S/c1-30-19-4-2-17(24(26)27)12-16(19)14-33-22(25)15-6-8-23(9-7-15)34(28,29)18-3-5-20-21(13-18)32-11-10-31-20/h2-5,12-13,15H,6-11,14H2,1H3. The summed E-state index contributed by atoms with van der Waals surface area (Å²) >= 11 is 0. The van der Waals surface area contributed by atoms with Crippen molar-refractivity contribution < 1.29 is 37.1 Å². The molecule has 11 nitrogen and oxygen atoms in total. The zero-order valence-electron chi connectivity index (χ0n) is 18.5. The van der Waals surface area contributed by atoms with Crippen molar-refractivity contribution in [3.63, 3.8) is 0 Å². The first-order valence-corrected chi connectivity index (χ1v) is 12.1. The second-order valence-electron chi connectivity index (χ2n) is 7.84. The van der Waals surface area contributed by atoms with Crippen LogP contribution >= 0.6 is 0 Å². The largest absolute Gasteiger partial charge is 0.496 e. The molecule has 0 saturated carbocycles. The summed E-state index contributed by atoms with van der Waals surface area (Å²) in [6, 6.07) is 8.57. The van der Waals surface area contributed by atoms with Crippen molar-refractivity contribution in [2.45, 2.75) is 24.3 Å². The number of nitrogens with zero attached hydrogens (tertiary/aromatic N) is 2. The molecule has 2 aromatic rings. The number of hydrogen-bond donors (Lipinski definition) is 0. The van der Waals surface area contributed by atoms with Crippen LogP contribution < -0.4 is 14.2 Å². The Morgan fingerprint density at radius 2 is 1.82 bits per heavy atom. The molecule has 12 heteroatoms. The Kier molecular flexibility index (Phi) is 6.89. The molecule has 0 unspecified atom stereocenters. The number of ether oxygens (including phenoxy) is 4. The Bertz CT molecular complexity index is 1190. The minimum absolute atomic E-state index is 0.107. The molecule has 0 N–H and O–H groups in total. The monoisotopic (exact) mass is 492 g/mol. The number of non-ortho nitro benzene ring substituents is 1. The highest BCUT2D eigenvalue weighted by Gasteiger charge is 2.33. The van der Waals surface area contributed by atoms with Gasteiger partial charge >= 0.3 is 5.97 Å². The number of carbonyl (C=O) groups excluding carboxylic acids is 1. The van der Waals surface area contributed by atoms with Gasteiger partial charge in [0.1, 0.15) is 25.6 Å². The normalized spacial score (nSPS) is 16.6. The Morgan fingerprint density at radius 3 is 2.50 bits per heavy atom. The summed E-state index contributed by atoms with van der Waals surface area (Å²) < 4.78 is 48.9. The van der Waals surface area contributed by atoms with Gasteiger partial charge < -0.3 is 18.9 Å². The lowest BCUT2D eigenvalue weighted by atomic mass is 9.98. The fourth-order valence-corrected chi connectivity index (χ4v) is 5.41. The van der Waals surface area contributed by atoms with Crippen LogP contribution in [-0.2, 0) is 26.2 Å². The Labute approximate surface area is 196 Å². The molecule has 2 heterocycles. The third-order valence-electron chi connectivity index (χ3n) is 5.78. The van der Waals surface area contributed by atoms with Crippen LogP contribution in [0.3, 0.4) is 0 Å². The van der Waals surface area contributed by atoms with Crippen LogP contribution in [0.5, 0.6) is 17.2 Å². The van der Waals surface area contributed by atoms with Crippen molar-refractivity contribution in [1.82, 2.24) is 4.31 Å². The molecule has 34 heavy (non-hydrogen) atoms. The molecule has 2 aliphatic rings. The van der Waals surface area contributed by atoms with E-state index in [2.05, 4.69) is 0 Å². The van der Waals surface area contributed by atoms with E-state index in [4.69, 9.17) is 18.9 Å². The summed E-state index contributed by atoms with van der Waals surface area (Å²) in [7, 11) is -2.34. The van der Waals surface area contributed by atoms with Crippen molar-refractivity contribution in [2.75, 3.05) is 33.4 Å². The van der Waals surface area contributed by atoms with E-state index in [0.717, 1.165) is 0 Å². The van der Waals surface area contributed by atoms with Crippen molar-refractivity contribution in [3.8, 4) is 17.2 Å². The number of nitro benzene ring substituents is 1. The van der Waals surface area contributed by atoms with Crippen molar-refractivity contribution in [1.29, 1.82) is 0 Å². The van der Waals surface area contributed by atoms with Crippen molar-refractivity contribution >= 4 is 21.7 Å². The minimum Gasteiger partial charge on any atom is -0.496 e. The number of carbonyl (C=O) groups is 1. The lowest BCUT2D eigenvalue weighted by Gasteiger charge is -2.30. The van der Waals surface area contributed by atoms with Crippen LogP contribution in [0.4, 0.5) is 5.69 Å². The van der Waals surface area contributed by atoms with E-state index in [9.17, 15) is 23.3 Å². The van der Waals surface area contributed by atoms with Gasteiger partial charge in [-0.2, -0.15) is 4.31 Å². The lowest BCUT2D eigenvalue weighted by Crippen LogP contribution is -2.40. The second-order valence-corrected chi connectivity index (χ2v) is 9.78. The highest BCUT2D eigenvalue weighted by atomic mass is 32.2. The molecule has 1 saturated heterocycles. The van der Waals surface area contributed by atoms with Gasteiger partial charge in [0.25, 0.3) is 5.69 Å². The van der Waals surface area contributed by atoms with Gasteiger partial charge in [0.15, 0.2) is 11.5 Å². The van der Waals surface area contributed by atoms with Gasteiger partial charge in [-0.3, -0.25) is 14.9 Å². The van der Waals surface area contributed by atoms with Gasteiger partial charge in [-0.05, 0) is 31.0 Å². The van der Waals surface area contributed by atoms with Crippen LogP contribution in [0, 0.1) is 16.0 Å². The molecule has 0 atom stereocenters. The maximum absolute atomic E-state index is 13.1. The number of piperidine rings is 1. The molecule has 0 radical (unpaired) electrons. The van der Waals surface area contributed by atoms with Gasteiger partial charge in [0, 0.05) is 36.9 Å². The average molecular weight is 493 g/mol. The first-order chi connectivity index (χ1) is 16.3. The van der Waals surface area contributed by atoms with E-state index in [1.165, 1.54) is 41.7 Å². The number of sulfonamides is 1. The van der Waals surface area contributed by atoms with E-state index in [1.54, 1.807) is 6.07 Å². The number of fused-ring (bicyclic) bond motifs is 1. The Morgan fingerprint density at radius 1 is 1.12 bits per heavy atom. The number of rotatable bonds is 7. The van der Waals surface area contributed by atoms with Crippen LogP contribution in [0.1, 0.15) is 18.4 Å². The molecule has 4 rings (SSSR count). The third kappa shape index (κ3) is 4.92. The zero-order valence-corrected chi connectivity index (χ0v) is 19.3. The molecule has 182 valence electrons. The molecule has 1 fully saturated rings. The van der Waals surface area contributed by atoms with E-state index < -0.39 is 26.8 Å². The van der Waals surface area contributed by atoms with Crippen molar-refractivity contribution in [2.24, 2.45) is 5.92 Å². The highest BCUT2D eigenvalue weighted by Crippen LogP contribution is 2.34. The fourth-order valence-electron chi connectivity index (χ4n) is 3.92. The van der Waals surface area contributed by atoms with E-state index in [-0.39, 0.29) is 30.3 Å². The van der Waals surface area contributed by atoms with E-state index >= 15 is 0 Å². The molecular weight excluding hydrogens is 468 g/mol. The Hall–Kier alpha value is -3.38. The highest BCUT2D eigenvalue weighted by molar-refractivity contribution is 7.89. The van der Waals surface area contributed by atoms with Crippen molar-refractivity contribution in [3.05, 3.63) is 52.1 Å². The molecule has 2 aliphatic heterocycles. The number of esters is 1. The third-order valence-corrected chi connectivity index (χ3v) is 7.68. The maximum atomic E-state index is 13.1. The summed E-state index contributed by atoms with van der Waals surface area (Å²) in [6.07, 6.45) is 0.601. The summed E-state index contributed by atoms with van der Waals surface area (Å²) in [4.78, 5) is 23.2. The number of hydrogen-bond acceptors (Lipinski definition) is 9. The van der Waals surface area contributed by atoms with Crippen LogP contribution in [-0.4, -0.2) is 57.0 Å². The van der Waals surface area contributed by atoms with Crippen LogP contribution in [0.2, 0.25) is 0 Å². The first kappa shape index (κ1) is 23.8. The number of nitro groups is 1. The zero-order chi connectivity index (χ0) is 24.3. The summed E-state index contributed by atoms with van der Waals surface area (Å²) in [5.74, 6) is 0.314. The summed E-state index contributed by atoms with van der Waals surface area (Å²) in [5.41, 5.74) is 0.244. The molecule has 0 spiro atoms. The predicted octanol–water partition coefficient (Wildman–Crippen LogP) is 2.52. The fraction of sp³-hybridized carbons (Fsp3) is 0.409. The van der Waals surface area contributed by atoms with Crippen LogP contribution in [0.15, 0.2) is 41.3 Å². The smallest absolute Gasteiger partial charge is 0.309 e. The predicted molar refractivity (Wildman–Crippen MR) is 118 cm³/mol. The van der Waals surface area contributed by atoms with Crippen LogP contribution in [0.25, 0.3) is 0 Å². The molecule has 0 amide bonds. The minimum atomic E-state index is -3.76. The molecule has 0 aliphatic carbocycles. The average Bonchev–Trinajstić information content (AvgIpc) is 2.86. The van der Waals surface area contributed by atoms with Gasteiger partial charge in [-0.15, -0.1) is 0 Å². The first-order valence-electron chi connectivity index (χ1n) is 10.7. The SMILES string of the molecule is COc1ccc([N+](=O)[O-])cc1COC(=O)C1CCN(S(=O)(=O)c2ccc3c(c2)OCCO3)CC1. The van der Waals surface area contributed by atoms with E-state index in [1.807, 2.05) is 0 Å². The second kappa shape index (κ2) is 9.85. The molecule has 2 aromatic carbocycles. The molecule has 0 aromatic heterocycles. The summed E-state index contributed by atoms with van der Waals surface area (Å²) in [5, 5.41) is 11.0. The van der Waals surface area contributed by atoms with Gasteiger partial charge in [-0.1, -0.05) is 0 Å². The number of benzene rings is 2. The summed E-state index contributed by atoms with van der Waals surface area (Å²) in [6.45, 7) is 0.912. The maximum Gasteiger partial charge on any atom is 0.309 e. The lowest BCUT2D eigenvalue weighted by molar-refractivity contribution is -0.385. The van der Waals surface area contributed by atoms with Gasteiger partial charge in [0.2, 0.25) is 10.0 Å². The number of methoxy groups -OCH3 is 1. The molecule has 0 bridgehead atoms.